The van der Waals surface area contributed by atoms with Gasteiger partial charge in [-0.2, -0.15) is 0 Å². The van der Waals surface area contributed by atoms with E-state index in [0.29, 0.717) is 5.92 Å². The van der Waals surface area contributed by atoms with Crippen LogP contribution < -0.4 is 4.90 Å². The van der Waals surface area contributed by atoms with Crippen LogP contribution in [0, 0.1) is 5.92 Å². The molecule has 3 aliphatic rings. The summed E-state index contributed by atoms with van der Waals surface area (Å²) in [5.41, 5.74) is 16.6. The van der Waals surface area contributed by atoms with E-state index < -0.39 is 5.41 Å². The van der Waals surface area contributed by atoms with Crippen molar-refractivity contribution < 1.29 is 0 Å². The predicted molar refractivity (Wildman–Crippen MR) is 270 cm³/mol. The molecule has 10 rings (SSSR count). The number of nitrogens with zero attached hydrogens (tertiary/aromatic N) is 1. The molecule has 0 radical (unpaired) electrons. The molecular weight excluding hydrogens is 759 g/mol. The number of allylic oxidation sites excluding steroid dienone is 16. The largest absolute Gasteiger partial charge is 0.310 e. The Balaban J connectivity index is 1.01. The van der Waals surface area contributed by atoms with Gasteiger partial charge >= 0.3 is 0 Å². The summed E-state index contributed by atoms with van der Waals surface area (Å²) in [6, 6.07) is 59.9. The van der Waals surface area contributed by atoms with E-state index >= 15 is 0 Å². The second kappa shape index (κ2) is 17.3. The molecule has 0 N–H and O–H groups in total. The molecule has 1 nitrogen and oxygen atoms in total. The van der Waals surface area contributed by atoms with Gasteiger partial charge in [0.15, 0.2) is 0 Å². The van der Waals surface area contributed by atoms with Gasteiger partial charge in [-0.3, -0.25) is 0 Å². The quantitative estimate of drug-likeness (QED) is 0.162. The number of hydrogen-bond acceptors (Lipinski definition) is 1. The fourth-order valence-electron chi connectivity index (χ4n) is 9.61. The lowest BCUT2D eigenvalue weighted by atomic mass is 9.64. The third-order valence-corrected chi connectivity index (χ3v) is 12.3. The Kier molecular flexibility index (Phi) is 10.8. The SMILES string of the molecule is CC(C)/C=C1/C=C\C=C/c2ccccc2C12c1ccccc1-c1ccc(-c3cccc(C4=C\C=C/C=C\C(N(c5ccccc5)c5ccc6ccccc6c5)=C/C=C/C=C4)c3)cc12. The third kappa shape index (κ3) is 7.53. The van der Waals surface area contributed by atoms with Gasteiger partial charge in [-0.1, -0.05) is 220 Å². The van der Waals surface area contributed by atoms with Crippen LogP contribution in [0.15, 0.2) is 260 Å². The fraction of sp³-hybridized carbons (Fsp3) is 0.0645. The maximum atomic E-state index is 2.47. The first kappa shape index (κ1) is 39.4. The van der Waals surface area contributed by atoms with Crippen molar-refractivity contribution in [1.82, 2.24) is 0 Å². The topological polar surface area (TPSA) is 3.24 Å². The molecular formula is C62H49N. The molecule has 0 saturated heterocycles. The van der Waals surface area contributed by atoms with Gasteiger partial charge in [0.1, 0.15) is 0 Å². The molecule has 1 spiro atoms. The molecule has 63 heavy (non-hydrogen) atoms. The summed E-state index contributed by atoms with van der Waals surface area (Å²) in [5.74, 6) is 0.372. The Labute approximate surface area is 372 Å². The Hall–Kier alpha value is -7.74. The molecule has 0 saturated carbocycles. The molecule has 0 aliphatic heterocycles. The molecule has 7 aromatic rings. The van der Waals surface area contributed by atoms with E-state index in [4.69, 9.17) is 0 Å². The van der Waals surface area contributed by atoms with Crippen LogP contribution in [0.5, 0.6) is 0 Å². The third-order valence-electron chi connectivity index (χ3n) is 12.3. The van der Waals surface area contributed by atoms with Crippen LogP contribution in [-0.4, -0.2) is 0 Å². The van der Waals surface area contributed by atoms with E-state index in [1.807, 2.05) is 0 Å². The van der Waals surface area contributed by atoms with E-state index in [1.165, 1.54) is 60.9 Å². The van der Waals surface area contributed by atoms with E-state index in [9.17, 15) is 0 Å². The fourth-order valence-corrected chi connectivity index (χ4v) is 9.61. The van der Waals surface area contributed by atoms with Crippen molar-refractivity contribution in [2.45, 2.75) is 19.3 Å². The first-order valence-electron chi connectivity index (χ1n) is 22.0. The van der Waals surface area contributed by atoms with Gasteiger partial charge in [0.25, 0.3) is 0 Å². The van der Waals surface area contributed by atoms with Crippen LogP contribution in [0.25, 0.3) is 44.7 Å². The molecule has 1 unspecified atom stereocenters. The zero-order valence-corrected chi connectivity index (χ0v) is 35.8. The minimum atomic E-state index is -0.465. The monoisotopic (exact) mass is 807 g/mol. The highest BCUT2D eigenvalue weighted by atomic mass is 15.1. The maximum Gasteiger partial charge on any atom is 0.0716 e. The highest BCUT2D eigenvalue weighted by molar-refractivity contribution is 5.91. The molecule has 7 aromatic carbocycles. The summed E-state index contributed by atoms with van der Waals surface area (Å²) < 4.78 is 0. The molecule has 302 valence electrons. The molecule has 0 fully saturated rings. The highest BCUT2D eigenvalue weighted by Gasteiger charge is 2.47. The number of rotatable bonds is 6. The van der Waals surface area contributed by atoms with E-state index in [1.54, 1.807) is 0 Å². The van der Waals surface area contributed by atoms with Crippen molar-refractivity contribution in [3.8, 4) is 22.3 Å². The van der Waals surface area contributed by atoms with Gasteiger partial charge < -0.3 is 4.90 Å². The first-order chi connectivity index (χ1) is 31.1. The van der Waals surface area contributed by atoms with Crippen molar-refractivity contribution in [2.75, 3.05) is 4.90 Å². The number of hydrogen-bond donors (Lipinski definition) is 0. The van der Waals surface area contributed by atoms with Gasteiger partial charge in [-0.15, -0.1) is 0 Å². The standard InChI is InChI=1S/C62H49N/c1-45(2)41-53-29-16-14-24-48-25-15-18-35-59(48)62(53)60-36-19-17-34-57(60)58-40-38-52(44-61(58)62)50-28-20-27-49(42-50)46-21-6-3-8-30-54(31-9-4-7-22-46)63(55-32-10-5-11-33-55)56-39-37-47-23-12-13-26-51(47)43-56/h3-45H,1-2H3/b6-3-,7-4?,8-3?,9-4+,21-6?,22-7?,24-14-,29-16-,30-8-,31-9?,46-21?,46-22?,53-41-,54-30?,54-31+. The summed E-state index contributed by atoms with van der Waals surface area (Å²) in [4.78, 5) is 2.31. The Morgan fingerprint density at radius 2 is 1.11 bits per heavy atom. The summed E-state index contributed by atoms with van der Waals surface area (Å²) in [5, 5.41) is 2.44. The van der Waals surface area contributed by atoms with Crippen molar-refractivity contribution in [1.29, 1.82) is 0 Å². The van der Waals surface area contributed by atoms with Crippen LogP contribution in [0.4, 0.5) is 11.4 Å². The molecule has 0 amide bonds. The summed E-state index contributed by atoms with van der Waals surface area (Å²) in [6.07, 6.45) is 33.0. The molecule has 0 bridgehead atoms. The Morgan fingerprint density at radius 3 is 1.98 bits per heavy atom. The normalized spacial score (nSPS) is 20.5. The van der Waals surface area contributed by atoms with Crippen LogP contribution in [0.1, 0.15) is 41.7 Å². The van der Waals surface area contributed by atoms with Crippen molar-refractivity contribution in [3.05, 3.63) is 288 Å². The number of benzene rings is 7. The predicted octanol–water partition coefficient (Wildman–Crippen LogP) is 16.3. The molecule has 0 heterocycles. The zero-order chi connectivity index (χ0) is 42.6. The molecule has 3 aliphatic carbocycles. The lowest BCUT2D eigenvalue weighted by Crippen LogP contribution is -2.30. The zero-order valence-electron chi connectivity index (χ0n) is 35.8. The van der Waals surface area contributed by atoms with E-state index in [0.717, 1.165) is 28.2 Å². The second-order valence-corrected chi connectivity index (χ2v) is 16.7. The Bertz CT molecular complexity index is 3140. The summed E-state index contributed by atoms with van der Waals surface area (Å²) >= 11 is 0. The molecule has 1 heteroatoms. The number of para-hydroxylation sites is 1. The average molecular weight is 808 g/mol. The van der Waals surface area contributed by atoms with Gasteiger partial charge in [0.05, 0.1) is 5.41 Å². The number of anilines is 2. The van der Waals surface area contributed by atoms with Gasteiger partial charge in [-0.05, 0) is 126 Å². The molecule has 0 aromatic heterocycles. The van der Waals surface area contributed by atoms with Gasteiger partial charge in [0, 0.05) is 17.1 Å². The maximum absolute atomic E-state index is 2.47. The Morgan fingerprint density at radius 1 is 0.429 bits per heavy atom. The van der Waals surface area contributed by atoms with Crippen LogP contribution in [0.3, 0.4) is 0 Å². The second-order valence-electron chi connectivity index (χ2n) is 16.7. The minimum Gasteiger partial charge on any atom is -0.310 e. The lowest BCUT2D eigenvalue weighted by Gasteiger charge is -2.37. The van der Waals surface area contributed by atoms with E-state index in [2.05, 4.69) is 274 Å². The average Bonchev–Trinajstić information content (AvgIpc) is 3.61. The highest BCUT2D eigenvalue weighted by Crippen LogP contribution is 2.58. The van der Waals surface area contributed by atoms with Gasteiger partial charge in [-0.25, -0.2) is 0 Å². The van der Waals surface area contributed by atoms with Crippen molar-refractivity contribution in [2.24, 2.45) is 5.92 Å². The smallest absolute Gasteiger partial charge is 0.0716 e. The molecule has 1 atom stereocenters. The minimum absolute atomic E-state index is 0.372. The van der Waals surface area contributed by atoms with E-state index in [-0.39, 0.29) is 0 Å². The van der Waals surface area contributed by atoms with Crippen LogP contribution in [0.2, 0.25) is 0 Å². The van der Waals surface area contributed by atoms with Crippen LogP contribution >= 0.6 is 0 Å². The number of fused-ring (bicyclic) bond motifs is 8. The first-order valence-corrected chi connectivity index (χ1v) is 22.0. The van der Waals surface area contributed by atoms with Crippen molar-refractivity contribution in [3.63, 3.8) is 0 Å². The van der Waals surface area contributed by atoms with Crippen molar-refractivity contribution >= 4 is 33.8 Å². The van der Waals surface area contributed by atoms with Gasteiger partial charge in [0.2, 0.25) is 0 Å². The van der Waals surface area contributed by atoms with Crippen LogP contribution in [-0.2, 0) is 5.41 Å². The summed E-state index contributed by atoms with van der Waals surface area (Å²) in [7, 11) is 0. The lowest BCUT2D eigenvalue weighted by molar-refractivity contribution is 0.732. The summed E-state index contributed by atoms with van der Waals surface area (Å²) in [6.45, 7) is 4.57.